The lowest BCUT2D eigenvalue weighted by atomic mass is 10.1. The van der Waals surface area contributed by atoms with Crippen LogP contribution in [0.25, 0.3) is 10.9 Å². The Morgan fingerprint density at radius 3 is 2.55 bits per heavy atom. The lowest BCUT2D eigenvalue weighted by Gasteiger charge is -2.16. The molecule has 0 bridgehead atoms. The van der Waals surface area contributed by atoms with Crippen LogP contribution in [0.15, 0.2) is 54.7 Å². The molecule has 3 N–H and O–H groups in total. The first kappa shape index (κ1) is 20.5. The van der Waals surface area contributed by atoms with E-state index in [0.717, 1.165) is 28.6 Å². The van der Waals surface area contributed by atoms with Crippen molar-refractivity contribution in [3.05, 3.63) is 65.9 Å². The van der Waals surface area contributed by atoms with Crippen LogP contribution in [0.4, 0.5) is 23.7 Å². The van der Waals surface area contributed by atoms with E-state index in [4.69, 9.17) is 0 Å². The molecule has 0 spiro atoms. The van der Waals surface area contributed by atoms with Gasteiger partial charge in [-0.25, -0.2) is 4.79 Å². The first-order valence-corrected chi connectivity index (χ1v) is 9.37. The molecule has 1 aliphatic heterocycles. The summed E-state index contributed by atoms with van der Waals surface area (Å²) >= 11 is 0. The van der Waals surface area contributed by atoms with Crippen LogP contribution < -0.4 is 10.6 Å². The molecular formula is C21H17F3N4O3. The van der Waals surface area contributed by atoms with E-state index >= 15 is 0 Å². The Labute approximate surface area is 174 Å². The SMILES string of the molecule is O=C(CN1C(=O)N[C@H](Cc2c[nH]c3ccccc23)C1=O)Nc1ccccc1C(F)(F)F. The topological polar surface area (TPSA) is 94.3 Å². The Kier molecular flexibility index (Phi) is 5.14. The number of urea groups is 1. The number of imide groups is 1. The fourth-order valence-electron chi connectivity index (χ4n) is 3.56. The van der Waals surface area contributed by atoms with Crippen LogP contribution in [0.1, 0.15) is 11.1 Å². The highest BCUT2D eigenvalue weighted by Crippen LogP contribution is 2.34. The van der Waals surface area contributed by atoms with Crippen molar-refractivity contribution in [3.8, 4) is 0 Å². The van der Waals surface area contributed by atoms with Crippen molar-refractivity contribution >= 4 is 34.4 Å². The molecule has 31 heavy (non-hydrogen) atoms. The van der Waals surface area contributed by atoms with Gasteiger partial charge in [-0.15, -0.1) is 0 Å². The number of nitrogens with zero attached hydrogens (tertiary/aromatic N) is 1. The number of nitrogens with one attached hydrogen (secondary N) is 3. The van der Waals surface area contributed by atoms with Crippen molar-refractivity contribution in [1.29, 1.82) is 0 Å². The number of hydrogen-bond donors (Lipinski definition) is 3. The number of carbonyl (C=O) groups excluding carboxylic acids is 3. The summed E-state index contributed by atoms with van der Waals surface area (Å²) in [6, 6.07) is 10.3. The molecule has 1 fully saturated rings. The van der Waals surface area contributed by atoms with Crippen molar-refractivity contribution in [2.45, 2.75) is 18.6 Å². The van der Waals surface area contributed by atoms with Gasteiger partial charge in [0.1, 0.15) is 12.6 Å². The first-order valence-electron chi connectivity index (χ1n) is 9.37. The summed E-state index contributed by atoms with van der Waals surface area (Å²) in [7, 11) is 0. The van der Waals surface area contributed by atoms with Crippen LogP contribution in [-0.4, -0.2) is 40.3 Å². The van der Waals surface area contributed by atoms with E-state index in [1.165, 1.54) is 12.1 Å². The van der Waals surface area contributed by atoms with Gasteiger partial charge in [-0.2, -0.15) is 13.2 Å². The molecule has 1 saturated heterocycles. The van der Waals surface area contributed by atoms with Gasteiger partial charge in [0.05, 0.1) is 11.3 Å². The standard InChI is InChI=1S/C21H17F3N4O3/c22-21(23,24)14-6-2-4-8-16(14)26-18(29)11-28-19(30)17(27-20(28)31)9-12-10-25-15-7-3-1-5-13(12)15/h1-8,10,17,25H,9,11H2,(H,26,29)(H,27,31)/t17-/m1/s1. The number of alkyl halides is 3. The van der Waals surface area contributed by atoms with Crippen LogP contribution in [-0.2, 0) is 22.2 Å². The van der Waals surface area contributed by atoms with Gasteiger partial charge in [-0.3, -0.25) is 14.5 Å². The van der Waals surface area contributed by atoms with E-state index in [-0.39, 0.29) is 6.42 Å². The molecule has 0 unspecified atom stereocenters. The zero-order chi connectivity index (χ0) is 22.2. The molecule has 0 aliphatic carbocycles. The number of para-hydroxylation sites is 2. The van der Waals surface area contributed by atoms with Crippen LogP contribution in [0.5, 0.6) is 0 Å². The van der Waals surface area contributed by atoms with Crippen LogP contribution in [0, 0.1) is 0 Å². The number of benzene rings is 2. The summed E-state index contributed by atoms with van der Waals surface area (Å²) in [6.45, 7) is -0.693. The molecule has 7 nitrogen and oxygen atoms in total. The fourth-order valence-corrected chi connectivity index (χ4v) is 3.56. The van der Waals surface area contributed by atoms with E-state index < -0.39 is 47.9 Å². The number of carbonyl (C=O) groups is 3. The number of fused-ring (bicyclic) bond motifs is 1. The zero-order valence-corrected chi connectivity index (χ0v) is 16.0. The van der Waals surface area contributed by atoms with Crippen LogP contribution in [0.3, 0.4) is 0 Å². The van der Waals surface area contributed by atoms with Gasteiger partial charge >= 0.3 is 12.2 Å². The minimum Gasteiger partial charge on any atom is -0.361 e. The highest BCUT2D eigenvalue weighted by atomic mass is 19.4. The van der Waals surface area contributed by atoms with E-state index in [9.17, 15) is 27.6 Å². The van der Waals surface area contributed by atoms with Gasteiger partial charge in [0, 0.05) is 23.5 Å². The molecule has 2 aromatic carbocycles. The minimum atomic E-state index is -4.66. The van der Waals surface area contributed by atoms with E-state index in [0.29, 0.717) is 4.90 Å². The third kappa shape index (κ3) is 4.09. The first-order chi connectivity index (χ1) is 14.7. The summed E-state index contributed by atoms with van der Waals surface area (Å²) in [5.41, 5.74) is 0.244. The molecule has 4 amide bonds. The second-order valence-corrected chi connectivity index (χ2v) is 7.08. The summed E-state index contributed by atoms with van der Waals surface area (Å²) in [5, 5.41) is 5.56. The molecule has 10 heteroatoms. The number of amides is 4. The summed E-state index contributed by atoms with van der Waals surface area (Å²) in [4.78, 5) is 41.0. The molecule has 160 valence electrons. The molecule has 2 heterocycles. The van der Waals surface area contributed by atoms with Crippen LogP contribution in [0.2, 0.25) is 0 Å². The van der Waals surface area contributed by atoms with Gasteiger partial charge < -0.3 is 15.6 Å². The number of anilines is 1. The van der Waals surface area contributed by atoms with Crippen molar-refractivity contribution in [2.75, 3.05) is 11.9 Å². The number of rotatable bonds is 5. The molecule has 0 saturated carbocycles. The van der Waals surface area contributed by atoms with E-state index in [1.807, 2.05) is 24.3 Å². The summed E-state index contributed by atoms with van der Waals surface area (Å²) < 4.78 is 39.3. The van der Waals surface area contributed by atoms with Crippen molar-refractivity contribution < 1.29 is 27.6 Å². The molecule has 3 aromatic rings. The monoisotopic (exact) mass is 430 g/mol. The summed E-state index contributed by atoms with van der Waals surface area (Å²) in [6.07, 6.45) is -2.70. The van der Waals surface area contributed by atoms with Crippen molar-refractivity contribution in [2.24, 2.45) is 0 Å². The van der Waals surface area contributed by atoms with E-state index in [2.05, 4.69) is 15.6 Å². The third-order valence-electron chi connectivity index (χ3n) is 5.01. The average molecular weight is 430 g/mol. The number of hydrogen-bond acceptors (Lipinski definition) is 3. The molecule has 1 atom stereocenters. The Morgan fingerprint density at radius 2 is 1.77 bits per heavy atom. The van der Waals surface area contributed by atoms with Gasteiger partial charge in [0.25, 0.3) is 5.91 Å². The Hall–Kier alpha value is -3.82. The molecule has 0 radical (unpaired) electrons. The number of aromatic amines is 1. The molecular weight excluding hydrogens is 413 g/mol. The molecule has 1 aliphatic rings. The number of aromatic nitrogens is 1. The number of H-pyrrole nitrogens is 1. The second kappa shape index (κ2) is 7.78. The predicted octanol–water partition coefficient (Wildman–Crippen LogP) is 3.29. The normalized spacial score (nSPS) is 16.6. The Bertz CT molecular complexity index is 1170. The van der Waals surface area contributed by atoms with Gasteiger partial charge in [-0.05, 0) is 23.8 Å². The highest BCUT2D eigenvalue weighted by molar-refractivity contribution is 6.08. The van der Waals surface area contributed by atoms with Crippen molar-refractivity contribution in [3.63, 3.8) is 0 Å². The molecule has 4 rings (SSSR count). The largest absolute Gasteiger partial charge is 0.418 e. The fraction of sp³-hybridized carbons (Fsp3) is 0.190. The third-order valence-corrected chi connectivity index (χ3v) is 5.01. The maximum Gasteiger partial charge on any atom is 0.418 e. The number of halogens is 3. The maximum absolute atomic E-state index is 13.1. The zero-order valence-electron chi connectivity index (χ0n) is 16.0. The summed E-state index contributed by atoms with van der Waals surface area (Å²) in [5.74, 6) is -1.53. The van der Waals surface area contributed by atoms with Crippen molar-refractivity contribution in [1.82, 2.24) is 15.2 Å². The Morgan fingerprint density at radius 1 is 1.06 bits per heavy atom. The quantitative estimate of drug-likeness (QED) is 0.542. The lowest BCUT2D eigenvalue weighted by molar-refractivity contribution is -0.137. The minimum absolute atomic E-state index is 0.212. The average Bonchev–Trinajstić information content (AvgIpc) is 3.24. The van der Waals surface area contributed by atoms with Gasteiger partial charge in [0.2, 0.25) is 5.91 Å². The maximum atomic E-state index is 13.1. The predicted molar refractivity (Wildman–Crippen MR) is 106 cm³/mol. The van der Waals surface area contributed by atoms with Gasteiger partial charge in [-0.1, -0.05) is 30.3 Å². The van der Waals surface area contributed by atoms with Crippen LogP contribution >= 0.6 is 0 Å². The lowest BCUT2D eigenvalue weighted by Crippen LogP contribution is -2.38. The van der Waals surface area contributed by atoms with E-state index in [1.54, 1.807) is 6.20 Å². The highest BCUT2D eigenvalue weighted by Gasteiger charge is 2.39. The van der Waals surface area contributed by atoms with Gasteiger partial charge in [0.15, 0.2) is 0 Å². The smallest absolute Gasteiger partial charge is 0.361 e. The Balaban J connectivity index is 1.44. The molecule has 1 aromatic heterocycles. The second-order valence-electron chi connectivity index (χ2n) is 7.08.